The summed E-state index contributed by atoms with van der Waals surface area (Å²) in [6.07, 6.45) is 2.26. The van der Waals surface area contributed by atoms with Gasteiger partial charge in [0, 0.05) is 19.6 Å². The van der Waals surface area contributed by atoms with Gasteiger partial charge in [0.05, 0.1) is 26.4 Å². The third-order valence-electron chi connectivity index (χ3n) is 4.80. The molecule has 0 aromatic heterocycles. The Kier molecular flexibility index (Phi) is 7.90. The Labute approximate surface area is 169 Å². The lowest BCUT2D eigenvalue weighted by Gasteiger charge is -2.26. The van der Waals surface area contributed by atoms with E-state index in [1.54, 1.807) is 0 Å². The van der Waals surface area contributed by atoms with Gasteiger partial charge in [-0.15, -0.1) is 0 Å². The summed E-state index contributed by atoms with van der Waals surface area (Å²) in [5.41, 5.74) is 2.36. The molecule has 1 heterocycles. The second kappa shape index (κ2) is 10.6. The van der Waals surface area contributed by atoms with E-state index in [2.05, 4.69) is 49.4 Å². The average Bonchev–Trinajstić information content (AvgIpc) is 2.71. The summed E-state index contributed by atoms with van der Waals surface area (Å²) in [5, 5.41) is 0. The Morgan fingerprint density at radius 3 is 2.43 bits per heavy atom. The molecule has 1 aliphatic rings. The largest absolute Gasteiger partial charge is 0.492 e. The predicted molar refractivity (Wildman–Crippen MR) is 112 cm³/mol. The highest BCUT2D eigenvalue weighted by atomic mass is 16.5. The van der Waals surface area contributed by atoms with Crippen molar-refractivity contribution in [1.29, 1.82) is 0 Å². The molecule has 4 heteroatoms. The molecule has 2 aromatic rings. The van der Waals surface area contributed by atoms with Crippen LogP contribution in [0, 0.1) is 11.8 Å². The highest BCUT2D eigenvalue weighted by Gasteiger charge is 2.19. The van der Waals surface area contributed by atoms with E-state index in [1.165, 1.54) is 11.1 Å². The summed E-state index contributed by atoms with van der Waals surface area (Å²) in [6.45, 7) is 11.0. The smallest absolute Gasteiger partial charge is 0.119 e. The summed E-state index contributed by atoms with van der Waals surface area (Å²) in [7, 11) is 0. The van der Waals surface area contributed by atoms with Gasteiger partial charge in [0.1, 0.15) is 12.4 Å². The Morgan fingerprint density at radius 2 is 1.71 bits per heavy atom. The van der Waals surface area contributed by atoms with Gasteiger partial charge in [0.2, 0.25) is 0 Å². The van der Waals surface area contributed by atoms with Crippen LogP contribution in [0.3, 0.4) is 0 Å². The summed E-state index contributed by atoms with van der Waals surface area (Å²) in [5.74, 6) is 0.920. The zero-order valence-corrected chi connectivity index (χ0v) is 17.1. The molecule has 3 rings (SSSR count). The Hall–Kier alpha value is -1.88. The lowest BCUT2D eigenvalue weighted by atomic mass is 9.86. The number of hydrogen-bond donors (Lipinski definition) is 0. The molecule has 1 fully saturated rings. The highest BCUT2D eigenvalue weighted by Crippen LogP contribution is 2.26. The van der Waals surface area contributed by atoms with Crippen molar-refractivity contribution in [2.24, 2.45) is 5.41 Å². The van der Waals surface area contributed by atoms with Crippen LogP contribution >= 0.6 is 0 Å². The molecule has 1 aliphatic heterocycles. The molecule has 0 bridgehead atoms. The molecule has 28 heavy (non-hydrogen) atoms. The Morgan fingerprint density at radius 1 is 1.00 bits per heavy atom. The minimum Gasteiger partial charge on any atom is -0.492 e. The number of benzene rings is 2. The van der Waals surface area contributed by atoms with E-state index in [9.17, 15) is 0 Å². The van der Waals surface area contributed by atoms with E-state index in [0.717, 1.165) is 38.6 Å². The van der Waals surface area contributed by atoms with E-state index in [0.29, 0.717) is 19.8 Å². The standard InChI is InChI=1S/C24H32NO3/c1-24(2,20-27-19-22-6-4-3-5-7-22)18-21-8-10-23(11-9-21)28-17-14-25-12-15-26-16-13-25/h3-11,18H,12-17,19-20H2,1-2H3. The molecule has 151 valence electrons. The van der Waals surface area contributed by atoms with E-state index in [-0.39, 0.29) is 5.41 Å². The van der Waals surface area contributed by atoms with Crippen LogP contribution in [0.1, 0.15) is 25.0 Å². The van der Waals surface area contributed by atoms with Gasteiger partial charge in [-0.1, -0.05) is 56.3 Å². The van der Waals surface area contributed by atoms with Crippen molar-refractivity contribution in [2.75, 3.05) is 46.1 Å². The number of rotatable bonds is 10. The molecule has 0 atom stereocenters. The van der Waals surface area contributed by atoms with Crippen LogP contribution in [0.2, 0.25) is 0 Å². The van der Waals surface area contributed by atoms with Gasteiger partial charge in [-0.05, 0) is 35.1 Å². The van der Waals surface area contributed by atoms with Crippen LogP contribution in [0.25, 0.3) is 0 Å². The van der Waals surface area contributed by atoms with Gasteiger partial charge in [-0.2, -0.15) is 0 Å². The molecule has 4 nitrogen and oxygen atoms in total. The molecule has 0 spiro atoms. The minimum absolute atomic E-state index is 0.0342. The van der Waals surface area contributed by atoms with Crippen LogP contribution in [-0.4, -0.2) is 51.0 Å². The third kappa shape index (κ3) is 7.27. The lowest BCUT2D eigenvalue weighted by molar-refractivity contribution is 0.0322. The van der Waals surface area contributed by atoms with Gasteiger partial charge in [-0.3, -0.25) is 4.90 Å². The summed E-state index contributed by atoms with van der Waals surface area (Å²) in [6, 6.07) is 18.6. The molecular formula is C24H32NO3. The first-order valence-corrected chi connectivity index (χ1v) is 10.1. The van der Waals surface area contributed by atoms with Gasteiger partial charge >= 0.3 is 0 Å². The maximum atomic E-state index is 5.92. The van der Waals surface area contributed by atoms with Crippen molar-refractivity contribution in [1.82, 2.24) is 4.90 Å². The molecular weight excluding hydrogens is 350 g/mol. The zero-order valence-electron chi connectivity index (χ0n) is 17.1. The van der Waals surface area contributed by atoms with Crippen LogP contribution < -0.4 is 4.74 Å². The predicted octanol–water partition coefficient (Wildman–Crippen LogP) is 4.19. The summed E-state index contributed by atoms with van der Waals surface area (Å²) in [4.78, 5) is 2.38. The van der Waals surface area contributed by atoms with Crippen molar-refractivity contribution in [3.8, 4) is 5.75 Å². The number of morpholine rings is 1. The van der Waals surface area contributed by atoms with Crippen molar-refractivity contribution in [2.45, 2.75) is 20.5 Å². The second-order valence-corrected chi connectivity index (χ2v) is 7.98. The van der Waals surface area contributed by atoms with Crippen molar-refractivity contribution >= 4 is 0 Å². The van der Waals surface area contributed by atoms with E-state index < -0.39 is 0 Å². The van der Waals surface area contributed by atoms with Crippen LogP contribution in [0.4, 0.5) is 0 Å². The monoisotopic (exact) mass is 382 g/mol. The normalized spacial score (nSPS) is 15.5. The van der Waals surface area contributed by atoms with Crippen molar-refractivity contribution in [3.63, 3.8) is 0 Å². The van der Waals surface area contributed by atoms with E-state index >= 15 is 0 Å². The SMILES string of the molecule is CC(C)([CH]c1ccc(OCCN2CCOCC2)cc1)COCc1ccccc1. The van der Waals surface area contributed by atoms with Crippen LogP contribution in [0.5, 0.6) is 5.75 Å². The minimum atomic E-state index is -0.0342. The number of ether oxygens (including phenoxy) is 3. The average molecular weight is 383 g/mol. The summed E-state index contributed by atoms with van der Waals surface area (Å²) >= 11 is 0. The zero-order chi connectivity index (χ0) is 19.7. The van der Waals surface area contributed by atoms with Gasteiger partial charge in [0.15, 0.2) is 0 Å². The topological polar surface area (TPSA) is 30.9 Å². The number of hydrogen-bond acceptors (Lipinski definition) is 4. The fourth-order valence-electron chi connectivity index (χ4n) is 3.28. The molecule has 0 N–H and O–H groups in total. The van der Waals surface area contributed by atoms with Gasteiger partial charge in [0.25, 0.3) is 0 Å². The van der Waals surface area contributed by atoms with E-state index in [4.69, 9.17) is 14.2 Å². The molecule has 0 unspecified atom stereocenters. The molecule has 0 saturated carbocycles. The van der Waals surface area contributed by atoms with Crippen molar-refractivity contribution in [3.05, 3.63) is 72.1 Å². The molecule has 1 radical (unpaired) electrons. The van der Waals surface area contributed by atoms with E-state index in [1.807, 2.05) is 30.3 Å². The first kappa shape index (κ1) is 20.8. The van der Waals surface area contributed by atoms with Gasteiger partial charge < -0.3 is 14.2 Å². The highest BCUT2D eigenvalue weighted by molar-refractivity contribution is 5.32. The van der Waals surface area contributed by atoms with Crippen molar-refractivity contribution < 1.29 is 14.2 Å². The lowest BCUT2D eigenvalue weighted by Crippen LogP contribution is -2.38. The third-order valence-corrected chi connectivity index (χ3v) is 4.80. The first-order valence-electron chi connectivity index (χ1n) is 10.1. The first-order chi connectivity index (χ1) is 13.6. The maximum absolute atomic E-state index is 5.92. The molecule has 0 aliphatic carbocycles. The number of nitrogens with zero attached hydrogens (tertiary/aromatic N) is 1. The fraction of sp³-hybridized carbons (Fsp3) is 0.458. The Bertz CT molecular complexity index is 679. The Balaban J connectivity index is 1.38. The maximum Gasteiger partial charge on any atom is 0.119 e. The fourth-order valence-corrected chi connectivity index (χ4v) is 3.28. The summed E-state index contributed by atoms with van der Waals surface area (Å²) < 4.78 is 17.2. The quantitative estimate of drug-likeness (QED) is 0.616. The van der Waals surface area contributed by atoms with Crippen LogP contribution in [-0.2, 0) is 16.1 Å². The molecule has 2 aromatic carbocycles. The molecule has 0 amide bonds. The molecule has 1 saturated heterocycles. The van der Waals surface area contributed by atoms with Crippen LogP contribution in [0.15, 0.2) is 54.6 Å². The van der Waals surface area contributed by atoms with Gasteiger partial charge in [-0.25, -0.2) is 0 Å². The second-order valence-electron chi connectivity index (χ2n) is 7.98.